The number of nitrogens with zero attached hydrogens (tertiary/aromatic N) is 9. The Morgan fingerprint density at radius 3 is 2.32 bits per heavy atom. The maximum atomic E-state index is 16.3. The number of alkyl halides is 2. The zero-order chi connectivity index (χ0) is 49.8. The van der Waals surface area contributed by atoms with Crippen LogP contribution < -0.4 is 11.4 Å². The van der Waals surface area contributed by atoms with E-state index in [0.717, 1.165) is 28.4 Å². The van der Waals surface area contributed by atoms with Gasteiger partial charge in [-0.15, -0.1) is 0 Å². The SMILES string of the molecule is Cc1cc(-n2nc3c(c2-n2ccn(-c4ccc5c(cnn5C)c4F)c2=O)[C@H](C)N(C(=O)c2cc4cc([C@H]5CCOC(C)(C)C5)ccc4n2[C@@]2(c4noc(=O)[nH]4)C[C@@H]2C)CC32CCC(F)(F)C2)cc(C)c1F. The lowest BCUT2D eigenvalue weighted by molar-refractivity contribution is -0.0592. The predicted octanol–water partition coefficient (Wildman–Crippen LogP) is 8.96. The minimum atomic E-state index is -3.13. The van der Waals surface area contributed by atoms with E-state index in [1.54, 1.807) is 50.9 Å². The van der Waals surface area contributed by atoms with Crippen molar-refractivity contribution in [3.63, 3.8) is 0 Å². The van der Waals surface area contributed by atoms with Crippen molar-refractivity contribution in [3.05, 3.63) is 139 Å². The Labute approximate surface area is 403 Å². The van der Waals surface area contributed by atoms with Crippen LogP contribution in [0.25, 0.3) is 39.0 Å². The molecular weight excluding hydrogens is 921 g/mol. The van der Waals surface area contributed by atoms with Crippen LogP contribution in [0.4, 0.5) is 17.6 Å². The van der Waals surface area contributed by atoms with E-state index in [1.807, 2.05) is 23.6 Å². The average molecular weight is 973 g/mol. The number of aromatic nitrogens is 9. The van der Waals surface area contributed by atoms with E-state index >= 15 is 22.4 Å². The summed E-state index contributed by atoms with van der Waals surface area (Å²) in [7, 11) is 1.68. The molecule has 3 fully saturated rings. The summed E-state index contributed by atoms with van der Waals surface area (Å²) in [4.78, 5) is 47.9. The number of amides is 1. The zero-order valence-electron chi connectivity index (χ0n) is 40.3. The van der Waals surface area contributed by atoms with Gasteiger partial charge in [0, 0.05) is 67.3 Å². The smallest absolute Gasteiger partial charge is 0.376 e. The first-order valence-electron chi connectivity index (χ1n) is 24.1. The third kappa shape index (κ3) is 6.70. The lowest BCUT2D eigenvalue weighted by Gasteiger charge is -2.43. The van der Waals surface area contributed by atoms with Gasteiger partial charge < -0.3 is 14.2 Å². The van der Waals surface area contributed by atoms with E-state index in [-0.39, 0.29) is 69.9 Å². The molecule has 2 aliphatic carbocycles. The second-order valence-corrected chi connectivity index (χ2v) is 21.2. The molecule has 1 amide bonds. The number of benzene rings is 3. The van der Waals surface area contributed by atoms with E-state index in [9.17, 15) is 9.59 Å². The molecule has 71 heavy (non-hydrogen) atoms. The number of fused-ring (bicyclic) bond motifs is 4. The summed E-state index contributed by atoms with van der Waals surface area (Å²) >= 11 is 0. The largest absolute Gasteiger partial charge is 0.438 e. The molecule has 5 atom stereocenters. The second-order valence-electron chi connectivity index (χ2n) is 21.2. The van der Waals surface area contributed by atoms with Crippen LogP contribution in [-0.2, 0) is 22.7 Å². The topological polar surface area (TPSA) is 156 Å². The van der Waals surface area contributed by atoms with Gasteiger partial charge in [0.25, 0.3) is 5.91 Å². The van der Waals surface area contributed by atoms with Crippen molar-refractivity contribution in [3.8, 4) is 17.2 Å². The normalized spacial score (nSPS) is 24.7. The molecule has 5 aromatic heterocycles. The minimum Gasteiger partial charge on any atom is -0.376 e. The standard InChI is InChI=1S/C52H52F4N10O5/c1-27-18-34(19-28(2)41(27)53)66-44(63-16-15-62(48(63)69)38-11-10-37-35(42(38)54)24-57-61(37)7)40-30(4)64(26-50(43(40)59-66)13-14-51(55,56)25-50)45(67)39-21-33-20-31(32-12-17-70-49(5,6)23-32)8-9-36(33)65(39)52(22-29(52)3)46-58-47(68)71-60-46/h8-11,15-16,18-21,24,29-30,32H,12-14,17,22-23,25-26H2,1-7H3,(H,58,60,68)/t29-,30-,32-,50?,52-/m0/s1. The van der Waals surface area contributed by atoms with Gasteiger partial charge in [0.1, 0.15) is 22.9 Å². The van der Waals surface area contributed by atoms with Crippen molar-refractivity contribution in [2.45, 2.75) is 115 Å². The number of ether oxygens (including phenoxy) is 1. The fourth-order valence-electron chi connectivity index (χ4n) is 12.4. The van der Waals surface area contributed by atoms with Crippen LogP contribution in [-0.4, -0.2) is 78.9 Å². The predicted molar refractivity (Wildman–Crippen MR) is 254 cm³/mol. The van der Waals surface area contributed by atoms with E-state index < -0.39 is 64.7 Å². The van der Waals surface area contributed by atoms with Crippen LogP contribution in [0.15, 0.2) is 81.2 Å². The molecule has 0 bridgehead atoms. The third-order valence-electron chi connectivity index (χ3n) is 16.1. The number of carbonyl (C=O) groups is 1. The number of carbonyl (C=O) groups excluding carboxylic acids is 1. The number of nitrogens with one attached hydrogen (secondary N) is 1. The highest BCUT2D eigenvalue weighted by molar-refractivity contribution is 6.00. The van der Waals surface area contributed by atoms with E-state index in [2.05, 4.69) is 41.2 Å². The van der Waals surface area contributed by atoms with Gasteiger partial charge in [0.2, 0.25) is 5.92 Å². The van der Waals surface area contributed by atoms with E-state index in [1.165, 1.54) is 38.6 Å². The first-order valence-corrected chi connectivity index (χ1v) is 24.1. The molecule has 19 heteroatoms. The van der Waals surface area contributed by atoms with E-state index in [0.29, 0.717) is 41.0 Å². The lowest BCUT2D eigenvalue weighted by Crippen LogP contribution is -2.50. The molecule has 368 valence electrons. The maximum absolute atomic E-state index is 16.3. The summed E-state index contributed by atoms with van der Waals surface area (Å²) < 4.78 is 82.2. The van der Waals surface area contributed by atoms with Gasteiger partial charge >= 0.3 is 11.4 Å². The number of rotatable bonds is 7. The second kappa shape index (κ2) is 15.2. The average Bonchev–Trinajstić information content (AvgIpc) is 4.04. The molecule has 0 radical (unpaired) electrons. The third-order valence-corrected chi connectivity index (χ3v) is 16.1. The number of imidazole rings is 1. The van der Waals surface area contributed by atoms with Crippen LogP contribution in [0.2, 0.25) is 0 Å². The maximum Gasteiger partial charge on any atom is 0.438 e. The van der Waals surface area contributed by atoms with Crippen LogP contribution in [0, 0.1) is 31.4 Å². The number of aromatic amines is 1. The van der Waals surface area contributed by atoms with Crippen LogP contribution in [0.1, 0.15) is 122 Å². The van der Waals surface area contributed by atoms with Crippen molar-refractivity contribution in [2.24, 2.45) is 13.0 Å². The number of halogens is 4. The van der Waals surface area contributed by atoms with Crippen molar-refractivity contribution in [1.29, 1.82) is 0 Å². The van der Waals surface area contributed by atoms with Crippen LogP contribution in [0.5, 0.6) is 0 Å². The fraction of sp³-hybridized carbons (Fsp3) is 0.423. The van der Waals surface area contributed by atoms with Crippen LogP contribution >= 0.6 is 0 Å². The van der Waals surface area contributed by atoms with Gasteiger partial charge in [0.15, 0.2) is 11.6 Å². The molecule has 1 unspecified atom stereocenters. The number of H-pyrrole nitrogens is 1. The Kier molecular flexibility index (Phi) is 9.69. The molecule has 8 aromatic rings. The zero-order valence-corrected chi connectivity index (χ0v) is 40.3. The van der Waals surface area contributed by atoms with E-state index in [4.69, 9.17) is 14.4 Å². The molecule has 3 aromatic carbocycles. The first kappa shape index (κ1) is 45.1. The number of hydrogen-bond donors (Lipinski definition) is 1. The first-order chi connectivity index (χ1) is 33.7. The molecule has 2 saturated carbocycles. The summed E-state index contributed by atoms with van der Waals surface area (Å²) in [6.07, 6.45) is 5.23. The van der Waals surface area contributed by atoms with Gasteiger partial charge in [0.05, 0.1) is 45.8 Å². The summed E-state index contributed by atoms with van der Waals surface area (Å²) in [6, 6.07) is 13.4. The quantitative estimate of drug-likeness (QED) is 0.155. The molecule has 15 nitrogen and oxygen atoms in total. The number of aryl methyl sites for hydroxylation is 3. The van der Waals surface area contributed by atoms with Crippen molar-refractivity contribution in [2.75, 3.05) is 13.2 Å². The molecule has 1 spiro atoms. The Morgan fingerprint density at radius 1 is 0.915 bits per heavy atom. The summed E-state index contributed by atoms with van der Waals surface area (Å²) in [6.45, 7) is 11.6. The summed E-state index contributed by atoms with van der Waals surface area (Å²) in [5, 5.41) is 14.5. The Morgan fingerprint density at radius 2 is 1.65 bits per heavy atom. The Hall–Kier alpha value is -7.02. The minimum absolute atomic E-state index is 0.0391. The van der Waals surface area contributed by atoms with Gasteiger partial charge in [-0.1, -0.05) is 18.1 Å². The van der Waals surface area contributed by atoms with Gasteiger partial charge in [-0.3, -0.25) is 28.1 Å². The summed E-state index contributed by atoms with van der Waals surface area (Å²) in [5.74, 6) is -4.99. The van der Waals surface area contributed by atoms with Crippen molar-refractivity contribution in [1.82, 2.24) is 48.3 Å². The number of hydrogen-bond acceptors (Lipinski definition) is 8. The molecule has 4 aliphatic rings. The highest BCUT2D eigenvalue weighted by Gasteiger charge is 2.61. The Balaban J connectivity index is 1.07. The van der Waals surface area contributed by atoms with Crippen LogP contribution in [0.3, 0.4) is 0 Å². The summed E-state index contributed by atoms with van der Waals surface area (Å²) in [5.41, 5.74) is 0.641. The van der Waals surface area contributed by atoms with Crippen molar-refractivity contribution < 1.29 is 31.6 Å². The molecule has 7 heterocycles. The Bertz CT molecular complexity index is 3640. The lowest BCUT2D eigenvalue weighted by atomic mass is 9.75. The van der Waals surface area contributed by atoms with Gasteiger partial charge in [-0.2, -0.15) is 10.2 Å². The van der Waals surface area contributed by atoms with Gasteiger partial charge in [-0.05, 0) is 131 Å². The van der Waals surface area contributed by atoms with Crippen molar-refractivity contribution >= 4 is 27.7 Å². The highest BCUT2D eigenvalue weighted by Crippen LogP contribution is 2.58. The molecular formula is C52H52F4N10O5. The monoisotopic (exact) mass is 972 g/mol. The molecule has 12 rings (SSSR count). The van der Waals surface area contributed by atoms with Gasteiger partial charge in [-0.25, -0.2) is 31.8 Å². The molecule has 2 aliphatic heterocycles. The fourth-order valence-corrected chi connectivity index (χ4v) is 12.4. The molecule has 1 N–H and O–H groups in total. The highest BCUT2D eigenvalue weighted by atomic mass is 19.3. The molecule has 1 saturated heterocycles.